The van der Waals surface area contributed by atoms with Crippen molar-refractivity contribution in [1.29, 1.82) is 0 Å². The maximum absolute atomic E-state index is 11.9. The number of nitrogens with zero attached hydrogens (tertiary/aromatic N) is 1. The summed E-state index contributed by atoms with van der Waals surface area (Å²) in [6.07, 6.45) is 0. The molecule has 0 aliphatic heterocycles. The van der Waals surface area contributed by atoms with Crippen LogP contribution in [0.3, 0.4) is 0 Å². The van der Waals surface area contributed by atoms with Crippen molar-refractivity contribution in [3.8, 4) is 11.1 Å². The average molecular weight is 269 g/mol. The smallest absolute Gasteiger partial charge is 0.280 e. The molecule has 0 atom stereocenters. The zero-order chi connectivity index (χ0) is 14.5. The van der Waals surface area contributed by atoms with Crippen molar-refractivity contribution >= 4 is 11.9 Å². The molecule has 2 aromatic rings. The monoisotopic (exact) mass is 269 g/mol. The summed E-state index contributed by atoms with van der Waals surface area (Å²) in [5.74, 6) is -0.817. The van der Waals surface area contributed by atoms with E-state index in [1.807, 2.05) is 36.4 Å². The van der Waals surface area contributed by atoms with Crippen molar-refractivity contribution in [2.75, 3.05) is 0 Å². The molecule has 0 aliphatic rings. The van der Waals surface area contributed by atoms with Crippen LogP contribution in [0.1, 0.15) is 15.9 Å². The lowest BCUT2D eigenvalue weighted by atomic mass is 10.00. The van der Waals surface area contributed by atoms with Crippen LogP contribution in [-0.4, -0.2) is 17.0 Å². The molecule has 0 aliphatic carbocycles. The fourth-order valence-electron chi connectivity index (χ4n) is 1.89. The number of guanidine groups is 1. The molecular weight excluding hydrogens is 254 g/mol. The summed E-state index contributed by atoms with van der Waals surface area (Å²) >= 11 is 0. The first-order valence-electron chi connectivity index (χ1n) is 6.04. The van der Waals surface area contributed by atoms with Gasteiger partial charge in [0, 0.05) is 5.56 Å². The van der Waals surface area contributed by atoms with Gasteiger partial charge in [0.1, 0.15) is 0 Å². The molecule has 2 rings (SSSR count). The number of aliphatic hydroxyl groups excluding tert-OH is 1. The second kappa shape index (κ2) is 5.99. The van der Waals surface area contributed by atoms with Gasteiger partial charge >= 0.3 is 0 Å². The van der Waals surface area contributed by atoms with Crippen LogP contribution in [0.2, 0.25) is 0 Å². The van der Waals surface area contributed by atoms with E-state index in [1.54, 1.807) is 12.1 Å². The molecule has 5 heteroatoms. The topological polar surface area (TPSA) is 102 Å². The normalized spacial score (nSPS) is 10.1. The molecule has 2 aromatic carbocycles. The molecule has 0 radical (unpaired) electrons. The second-order valence-corrected chi connectivity index (χ2v) is 4.28. The van der Waals surface area contributed by atoms with Crippen molar-refractivity contribution < 1.29 is 9.90 Å². The molecule has 0 saturated heterocycles. The number of hydrogen-bond acceptors (Lipinski definition) is 2. The summed E-state index contributed by atoms with van der Waals surface area (Å²) in [4.78, 5) is 15.4. The molecule has 0 saturated carbocycles. The fraction of sp³-hybridized carbons (Fsp3) is 0.0667. The lowest BCUT2D eigenvalue weighted by Crippen LogP contribution is -2.24. The van der Waals surface area contributed by atoms with Crippen molar-refractivity contribution in [3.63, 3.8) is 0 Å². The van der Waals surface area contributed by atoms with E-state index in [0.717, 1.165) is 11.1 Å². The van der Waals surface area contributed by atoms with Gasteiger partial charge in [-0.05, 0) is 34.9 Å². The third-order valence-electron chi connectivity index (χ3n) is 2.76. The maximum Gasteiger partial charge on any atom is 0.280 e. The average Bonchev–Trinajstić information content (AvgIpc) is 2.47. The van der Waals surface area contributed by atoms with Gasteiger partial charge in [-0.25, -0.2) is 0 Å². The van der Waals surface area contributed by atoms with E-state index in [0.29, 0.717) is 11.1 Å². The van der Waals surface area contributed by atoms with Crippen molar-refractivity contribution in [2.45, 2.75) is 6.61 Å². The third kappa shape index (κ3) is 3.21. The van der Waals surface area contributed by atoms with E-state index in [4.69, 9.17) is 11.5 Å². The van der Waals surface area contributed by atoms with Gasteiger partial charge in [0.15, 0.2) is 5.96 Å². The highest BCUT2D eigenvalue weighted by molar-refractivity contribution is 6.02. The van der Waals surface area contributed by atoms with Gasteiger partial charge < -0.3 is 16.6 Å². The predicted molar refractivity (Wildman–Crippen MR) is 77.9 cm³/mol. The number of carbonyl (C=O) groups excluding carboxylic acids is 1. The van der Waals surface area contributed by atoms with Crippen molar-refractivity contribution in [1.82, 2.24) is 0 Å². The van der Waals surface area contributed by atoms with E-state index >= 15 is 0 Å². The first kappa shape index (κ1) is 13.8. The number of hydrogen-bond donors (Lipinski definition) is 3. The number of nitrogens with two attached hydrogens (primary N) is 2. The van der Waals surface area contributed by atoms with Gasteiger partial charge in [0.05, 0.1) is 6.61 Å². The minimum atomic E-state index is -0.530. The molecule has 0 spiro atoms. The van der Waals surface area contributed by atoms with E-state index in [-0.39, 0.29) is 12.6 Å². The van der Waals surface area contributed by atoms with Crippen LogP contribution in [0.4, 0.5) is 0 Å². The van der Waals surface area contributed by atoms with E-state index in [1.165, 1.54) is 0 Å². The number of amides is 1. The van der Waals surface area contributed by atoms with E-state index in [9.17, 15) is 9.90 Å². The predicted octanol–water partition coefficient (Wildman–Crippen LogP) is 1.26. The summed E-state index contributed by atoms with van der Waals surface area (Å²) < 4.78 is 0. The van der Waals surface area contributed by atoms with Crippen molar-refractivity contribution in [2.24, 2.45) is 16.5 Å². The summed E-state index contributed by atoms with van der Waals surface area (Å²) in [7, 11) is 0. The van der Waals surface area contributed by atoms with E-state index in [2.05, 4.69) is 4.99 Å². The number of rotatable bonds is 3. The highest BCUT2D eigenvalue weighted by atomic mass is 16.3. The zero-order valence-corrected chi connectivity index (χ0v) is 10.8. The molecule has 0 unspecified atom stereocenters. The van der Waals surface area contributed by atoms with Gasteiger partial charge in [0.25, 0.3) is 5.91 Å². The van der Waals surface area contributed by atoms with Gasteiger partial charge in [0.2, 0.25) is 0 Å². The Hall–Kier alpha value is -2.66. The highest BCUT2D eigenvalue weighted by Crippen LogP contribution is 2.23. The van der Waals surface area contributed by atoms with Crippen LogP contribution in [-0.2, 0) is 6.61 Å². The van der Waals surface area contributed by atoms with Gasteiger partial charge in [-0.2, -0.15) is 4.99 Å². The fourth-order valence-corrected chi connectivity index (χ4v) is 1.89. The van der Waals surface area contributed by atoms with Crippen LogP contribution in [0.15, 0.2) is 53.5 Å². The Bertz CT molecular complexity index is 647. The quantitative estimate of drug-likeness (QED) is 0.576. The van der Waals surface area contributed by atoms with Crippen molar-refractivity contribution in [3.05, 3.63) is 59.7 Å². The Kier molecular flexibility index (Phi) is 4.12. The Morgan fingerprint density at radius 3 is 2.35 bits per heavy atom. The second-order valence-electron chi connectivity index (χ2n) is 4.28. The van der Waals surface area contributed by atoms with Gasteiger partial charge in [-0.1, -0.05) is 30.3 Å². The first-order valence-corrected chi connectivity index (χ1v) is 6.04. The molecule has 1 amide bonds. The molecule has 5 N–H and O–H groups in total. The molecule has 102 valence electrons. The molecule has 0 heterocycles. The SMILES string of the molecule is NC(N)=NC(=O)c1cc(CO)cc(-c2ccccc2)c1. The van der Waals surface area contributed by atoms with Crippen LogP contribution in [0, 0.1) is 0 Å². The minimum absolute atomic E-state index is 0.164. The summed E-state index contributed by atoms with van der Waals surface area (Å²) in [5.41, 5.74) is 13.1. The number of benzene rings is 2. The molecule has 0 bridgehead atoms. The highest BCUT2D eigenvalue weighted by Gasteiger charge is 2.09. The van der Waals surface area contributed by atoms with Crippen LogP contribution < -0.4 is 11.5 Å². The first-order chi connectivity index (χ1) is 9.60. The van der Waals surface area contributed by atoms with Crippen LogP contribution in [0.5, 0.6) is 0 Å². The largest absolute Gasteiger partial charge is 0.392 e. The Morgan fingerprint density at radius 1 is 1.05 bits per heavy atom. The standard InChI is InChI=1S/C15H15N3O2/c16-15(17)18-14(20)13-7-10(9-19)6-12(8-13)11-4-2-1-3-5-11/h1-8,19H,9H2,(H4,16,17,18,20). The maximum atomic E-state index is 11.9. The summed E-state index contributed by atoms with van der Waals surface area (Å²) in [5, 5.41) is 9.30. The Labute approximate surface area is 116 Å². The lowest BCUT2D eigenvalue weighted by Gasteiger charge is -2.07. The summed E-state index contributed by atoms with van der Waals surface area (Å²) in [6.45, 7) is -0.164. The molecule has 0 aromatic heterocycles. The number of aliphatic imine (C=N–C) groups is 1. The number of carbonyl (C=O) groups is 1. The lowest BCUT2D eigenvalue weighted by molar-refractivity contribution is 0.100. The minimum Gasteiger partial charge on any atom is -0.392 e. The zero-order valence-electron chi connectivity index (χ0n) is 10.8. The Morgan fingerprint density at radius 2 is 1.75 bits per heavy atom. The van der Waals surface area contributed by atoms with Crippen LogP contribution in [0.25, 0.3) is 11.1 Å². The molecular formula is C15H15N3O2. The Balaban J connectivity index is 2.50. The summed E-state index contributed by atoms with van der Waals surface area (Å²) in [6, 6.07) is 14.6. The third-order valence-corrected chi connectivity index (χ3v) is 2.76. The molecule has 5 nitrogen and oxygen atoms in total. The molecule has 20 heavy (non-hydrogen) atoms. The van der Waals surface area contributed by atoms with Gasteiger partial charge in [-0.3, -0.25) is 4.79 Å². The van der Waals surface area contributed by atoms with E-state index < -0.39 is 5.91 Å². The van der Waals surface area contributed by atoms with Crippen LogP contribution >= 0.6 is 0 Å². The van der Waals surface area contributed by atoms with Gasteiger partial charge in [-0.15, -0.1) is 0 Å². The number of aliphatic hydroxyl groups is 1. The molecule has 0 fully saturated rings.